The standard InChI is InChI=1S/C17H13Cl2N3/c18-15-9-4-10-16(17(15)19)22-11-5-8-14(22)12-20-21-13-6-2-1-3-7-13/h1-12,21H. The molecule has 0 aliphatic carbocycles. The topological polar surface area (TPSA) is 29.3 Å². The van der Waals surface area contributed by atoms with Crippen molar-refractivity contribution in [1.82, 2.24) is 4.57 Å². The van der Waals surface area contributed by atoms with Gasteiger partial charge in [0.1, 0.15) is 0 Å². The van der Waals surface area contributed by atoms with Crippen LogP contribution in [0.4, 0.5) is 5.69 Å². The second-order valence-corrected chi connectivity index (χ2v) is 5.40. The van der Waals surface area contributed by atoms with E-state index in [0.29, 0.717) is 10.0 Å². The average Bonchev–Trinajstić information content (AvgIpc) is 2.99. The summed E-state index contributed by atoms with van der Waals surface area (Å²) in [6, 6.07) is 19.2. The molecule has 3 rings (SSSR count). The zero-order chi connectivity index (χ0) is 15.4. The third-order valence-corrected chi connectivity index (χ3v) is 3.94. The minimum atomic E-state index is 0.519. The number of para-hydroxylation sites is 1. The Labute approximate surface area is 138 Å². The molecule has 0 unspecified atom stereocenters. The van der Waals surface area contributed by atoms with Gasteiger partial charge in [-0.15, -0.1) is 0 Å². The molecule has 0 radical (unpaired) electrons. The van der Waals surface area contributed by atoms with E-state index in [1.54, 1.807) is 12.3 Å². The van der Waals surface area contributed by atoms with E-state index < -0.39 is 0 Å². The van der Waals surface area contributed by atoms with Crippen LogP contribution in [0, 0.1) is 0 Å². The van der Waals surface area contributed by atoms with Crippen LogP contribution in [0.1, 0.15) is 5.69 Å². The van der Waals surface area contributed by atoms with Gasteiger partial charge in [0.05, 0.1) is 33.3 Å². The van der Waals surface area contributed by atoms with Gasteiger partial charge in [0.25, 0.3) is 0 Å². The van der Waals surface area contributed by atoms with Gasteiger partial charge in [-0.25, -0.2) is 0 Å². The van der Waals surface area contributed by atoms with Crippen LogP contribution in [0.5, 0.6) is 0 Å². The molecule has 0 aliphatic rings. The van der Waals surface area contributed by atoms with Gasteiger partial charge in [0, 0.05) is 6.20 Å². The first-order valence-corrected chi connectivity index (χ1v) is 7.47. The summed E-state index contributed by atoms with van der Waals surface area (Å²) >= 11 is 12.3. The van der Waals surface area contributed by atoms with E-state index in [2.05, 4.69) is 10.5 Å². The third-order valence-electron chi connectivity index (χ3n) is 3.14. The molecular weight excluding hydrogens is 317 g/mol. The van der Waals surface area contributed by atoms with E-state index in [9.17, 15) is 0 Å². The molecule has 0 spiro atoms. The van der Waals surface area contributed by atoms with Crippen molar-refractivity contribution in [1.29, 1.82) is 0 Å². The minimum absolute atomic E-state index is 0.519. The fourth-order valence-electron chi connectivity index (χ4n) is 2.08. The zero-order valence-corrected chi connectivity index (χ0v) is 13.1. The van der Waals surface area contributed by atoms with Gasteiger partial charge in [0.15, 0.2) is 0 Å². The molecule has 5 heteroatoms. The lowest BCUT2D eigenvalue weighted by Crippen LogP contribution is -2.00. The fourth-order valence-corrected chi connectivity index (χ4v) is 2.47. The van der Waals surface area contributed by atoms with Gasteiger partial charge in [-0.05, 0) is 36.4 Å². The van der Waals surface area contributed by atoms with Crippen LogP contribution >= 0.6 is 23.2 Å². The molecule has 22 heavy (non-hydrogen) atoms. The number of anilines is 1. The van der Waals surface area contributed by atoms with Crippen molar-refractivity contribution in [3.05, 3.63) is 82.6 Å². The van der Waals surface area contributed by atoms with Gasteiger partial charge in [-0.1, -0.05) is 47.5 Å². The largest absolute Gasteiger partial charge is 0.314 e. The predicted octanol–water partition coefficient (Wildman–Crippen LogP) is 5.23. The van der Waals surface area contributed by atoms with E-state index in [4.69, 9.17) is 23.2 Å². The molecule has 0 atom stereocenters. The summed E-state index contributed by atoms with van der Waals surface area (Å²) in [4.78, 5) is 0. The number of nitrogens with one attached hydrogen (secondary N) is 1. The molecule has 0 bridgehead atoms. The summed E-state index contributed by atoms with van der Waals surface area (Å²) in [7, 11) is 0. The van der Waals surface area contributed by atoms with Crippen molar-refractivity contribution in [2.75, 3.05) is 5.43 Å². The fraction of sp³-hybridized carbons (Fsp3) is 0. The normalized spacial score (nSPS) is 11.0. The number of nitrogens with zero attached hydrogens (tertiary/aromatic N) is 2. The monoisotopic (exact) mass is 329 g/mol. The molecule has 3 nitrogen and oxygen atoms in total. The van der Waals surface area contributed by atoms with Crippen molar-refractivity contribution in [2.24, 2.45) is 5.10 Å². The van der Waals surface area contributed by atoms with Gasteiger partial charge < -0.3 is 4.57 Å². The quantitative estimate of drug-likeness (QED) is 0.515. The summed E-state index contributed by atoms with van der Waals surface area (Å²) < 4.78 is 1.93. The second kappa shape index (κ2) is 6.69. The van der Waals surface area contributed by atoms with Crippen molar-refractivity contribution in [3.63, 3.8) is 0 Å². The average molecular weight is 330 g/mol. The van der Waals surface area contributed by atoms with Crippen molar-refractivity contribution < 1.29 is 0 Å². The van der Waals surface area contributed by atoms with E-state index in [-0.39, 0.29) is 0 Å². The highest BCUT2D eigenvalue weighted by Crippen LogP contribution is 2.29. The number of rotatable bonds is 4. The molecule has 0 saturated heterocycles. The molecule has 0 aliphatic heterocycles. The smallest absolute Gasteiger partial charge is 0.0832 e. The van der Waals surface area contributed by atoms with Crippen LogP contribution in [0.3, 0.4) is 0 Å². The lowest BCUT2D eigenvalue weighted by atomic mass is 10.3. The van der Waals surface area contributed by atoms with E-state index >= 15 is 0 Å². The lowest BCUT2D eigenvalue weighted by Gasteiger charge is -2.09. The highest BCUT2D eigenvalue weighted by molar-refractivity contribution is 6.43. The molecule has 1 aromatic heterocycles. The lowest BCUT2D eigenvalue weighted by molar-refractivity contribution is 1.07. The number of hydrazone groups is 1. The van der Waals surface area contributed by atoms with Crippen LogP contribution < -0.4 is 5.43 Å². The Hall–Kier alpha value is -2.23. The Balaban J connectivity index is 1.85. The molecule has 110 valence electrons. The summed E-state index contributed by atoms with van der Waals surface area (Å²) in [5, 5.41) is 5.30. The Morgan fingerprint density at radius 1 is 0.909 bits per heavy atom. The molecule has 0 fully saturated rings. The maximum Gasteiger partial charge on any atom is 0.0832 e. The van der Waals surface area contributed by atoms with Gasteiger partial charge in [-0.2, -0.15) is 5.10 Å². The molecule has 3 aromatic rings. The highest BCUT2D eigenvalue weighted by Gasteiger charge is 2.08. The number of aromatic nitrogens is 1. The van der Waals surface area contributed by atoms with Crippen molar-refractivity contribution in [3.8, 4) is 5.69 Å². The zero-order valence-electron chi connectivity index (χ0n) is 11.6. The van der Waals surface area contributed by atoms with Crippen LogP contribution in [0.15, 0.2) is 72.0 Å². The van der Waals surface area contributed by atoms with Gasteiger partial charge in [-0.3, -0.25) is 5.43 Å². The maximum absolute atomic E-state index is 6.27. The molecule has 0 saturated carbocycles. The Morgan fingerprint density at radius 2 is 1.73 bits per heavy atom. The molecule has 0 amide bonds. The maximum atomic E-state index is 6.27. The molecule has 2 aromatic carbocycles. The van der Waals surface area contributed by atoms with E-state index in [1.807, 2.05) is 65.4 Å². The highest BCUT2D eigenvalue weighted by atomic mass is 35.5. The minimum Gasteiger partial charge on any atom is -0.314 e. The van der Waals surface area contributed by atoms with E-state index in [0.717, 1.165) is 17.1 Å². The van der Waals surface area contributed by atoms with Crippen LogP contribution in [0.25, 0.3) is 5.69 Å². The SMILES string of the molecule is Clc1cccc(-n2cccc2C=NNc2ccccc2)c1Cl. The number of halogens is 2. The number of hydrogen-bond donors (Lipinski definition) is 1. The summed E-state index contributed by atoms with van der Waals surface area (Å²) in [5.74, 6) is 0. The predicted molar refractivity (Wildman–Crippen MR) is 93.4 cm³/mol. The van der Waals surface area contributed by atoms with Gasteiger partial charge >= 0.3 is 0 Å². The van der Waals surface area contributed by atoms with Gasteiger partial charge in [0.2, 0.25) is 0 Å². The Morgan fingerprint density at radius 3 is 2.55 bits per heavy atom. The molecule has 1 N–H and O–H groups in total. The Bertz CT molecular complexity index is 795. The van der Waals surface area contributed by atoms with Crippen molar-refractivity contribution >= 4 is 35.1 Å². The first-order valence-electron chi connectivity index (χ1n) is 6.71. The summed E-state index contributed by atoms with van der Waals surface area (Å²) in [6.07, 6.45) is 3.66. The van der Waals surface area contributed by atoms with Crippen LogP contribution in [-0.4, -0.2) is 10.8 Å². The molecule has 1 heterocycles. The van der Waals surface area contributed by atoms with Crippen LogP contribution in [0.2, 0.25) is 10.0 Å². The number of benzene rings is 2. The van der Waals surface area contributed by atoms with Crippen LogP contribution in [-0.2, 0) is 0 Å². The number of hydrogen-bond acceptors (Lipinski definition) is 2. The third kappa shape index (κ3) is 3.16. The Kier molecular flexibility index (Phi) is 4.47. The summed E-state index contributed by atoms with van der Waals surface area (Å²) in [6.45, 7) is 0. The molecular formula is C17H13Cl2N3. The first kappa shape index (κ1) is 14.7. The van der Waals surface area contributed by atoms with E-state index in [1.165, 1.54) is 0 Å². The van der Waals surface area contributed by atoms with Crippen molar-refractivity contribution in [2.45, 2.75) is 0 Å². The second-order valence-electron chi connectivity index (χ2n) is 4.61. The first-order chi connectivity index (χ1) is 10.8. The summed E-state index contributed by atoms with van der Waals surface area (Å²) in [5.41, 5.74) is 5.63.